The van der Waals surface area contributed by atoms with Crippen molar-refractivity contribution in [3.05, 3.63) is 132 Å². The Labute approximate surface area is 242 Å². The highest BCUT2D eigenvalue weighted by atomic mass is 32.2. The summed E-state index contributed by atoms with van der Waals surface area (Å²) in [5.74, 6) is 3.59. The van der Waals surface area contributed by atoms with Crippen molar-refractivity contribution in [2.45, 2.75) is 29.1 Å². The van der Waals surface area contributed by atoms with Crippen LogP contribution in [0.3, 0.4) is 0 Å². The second-order valence-corrected chi connectivity index (χ2v) is 12.0. The Morgan fingerprint density at radius 2 is 0.923 bits per heavy atom. The van der Waals surface area contributed by atoms with Gasteiger partial charge in [-0.1, -0.05) is 87.7 Å². The molecule has 0 bridgehead atoms. The molecule has 200 valence electrons. The number of hydrogen-bond acceptors (Lipinski definition) is 4. The number of ether oxygens (including phenoxy) is 2. The summed E-state index contributed by atoms with van der Waals surface area (Å²) in [6.45, 7) is 13.5. The summed E-state index contributed by atoms with van der Waals surface area (Å²) < 4.78 is 11.7. The van der Waals surface area contributed by atoms with Crippen molar-refractivity contribution in [1.29, 1.82) is 0 Å². The van der Waals surface area contributed by atoms with E-state index in [0.717, 1.165) is 34.1 Å². The summed E-state index contributed by atoms with van der Waals surface area (Å²) in [6, 6.07) is 33.9. The lowest BCUT2D eigenvalue weighted by Crippen LogP contribution is -2.18. The molecule has 0 aliphatic heterocycles. The molecule has 0 atom stereocenters. The molecule has 0 aromatic heterocycles. The first-order valence-electron chi connectivity index (χ1n) is 13.2. The van der Waals surface area contributed by atoms with Gasteiger partial charge in [0, 0.05) is 26.7 Å². The van der Waals surface area contributed by atoms with E-state index in [1.54, 1.807) is 0 Å². The quantitative estimate of drug-likeness (QED) is 0.114. The standard InChI is InChI=1S/C35H36O2S2/c1-5-27-7-15-31(16-8-27)36-23-25-38-33-19-11-29(12-20-33)35(3,4)30-13-21-34(22-14-30)39-26-24-37-32-17-9-28(6-2)10-18-32/h5-22H,1-2,23-26H2,3-4H3. The van der Waals surface area contributed by atoms with E-state index in [1.807, 2.05) is 84.2 Å². The summed E-state index contributed by atoms with van der Waals surface area (Å²) >= 11 is 3.63. The van der Waals surface area contributed by atoms with E-state index >= 15 is 0 Å². The fourth-order valence-electron chi connectivity index (χ4n) is 4.14. The van der Waals surface area contributed by atoms with Gasteiger partial charge in [0.25, 0.3) is 0 Å². The summed E-state index contributed by atoms with van der Waals surface area (Å²) in [5.41, 5.74) is 4.74. The van der Waals surface area contributed by atoms with Crippen molar-refractivity contribution in [3.63, 3.8) is 0 Å². The fraction of sp³-hybridized carbons (Fsp3) is 0.200. The van der Waals surface area contributed by atoms with Gasteiger partial charge in [-0.2, -0.15) is 0 Å². The first-order chi connectivity index (χ1) is 19.0. The molecule has 0 spiro atoms. The van der Waals surface area contributed by atoms with Gasteiger partial charge in [-0.05, 0) is 70.8 Å². The second kappa shape index (κ2) is 14.2. The highest BCUT2D eigenvalue weighted by Gasteiger charge is 2.23. The minimum Gasteiger partial charge on any atom is -0.493 e. The van der Waals surface area contributed by atoms with Gasteiger partial charge in [0.15, 0.2) is 0 Å². The van der Waals surface area contributed by atoms with E-state index < -0.39 is 0 Å². The third-order valence-electron chi connectivity index (χ3n) is 6.63. The Kier molecular flexibility index (Phi) is 10.4. The van der Waals surface area contributed by atoms with E-state index in [4.69, 9.17) is 9.47 Å². The highest BCUT2D eigenvalue weighted by molar-refractivity contribution is 7.99. The van der Waals surface area contributed by atoms with Crippen LogP contribution in [0.2, 0.25) is 0 Å². The van der Waals surface area contributed by atoms with E-state index in [1.165, 1.54) is 20.9 Å². The first kappa shape index (κ1) is 28.7. The zero-order valence-electron chi connectivity index (χ0n) is 22.8. The van der Waals surface area contributed by atoms with Crippen molar-refractivity contribution in [2.75, 3.05) is 24.7 Å². The molecule has 2 nitrogen and oxygen atoms in total. The Morgan fingerprint density at radius 1 is 0.564 bits per heavy atom. The molecule has 4 heteroatoms. The van der Waals surface area contributed by atoms with Gasteiger partial charge in [-0.3, -0.25) is 0 Å². The lowest BCUT2D eigenvalue weighted by atomic mass is 9.78. The minimum absolute atomic E-state index is 0.0756. The monoisotopic (exact) mass is 552 g/mol. The predicted molar refractivity (Wildman–Crippen MR) is 171 cm³/mol. The zero-order valence-corrected chi connectivity index (χ0v) is 24.4. The van der Waals surface area contributed by atoms with Crippen LogP contribution in [0, 0.1) is 0 Å². The molecule has 0 unspecified atom stereocenters. The minimum atomic E-state index is -0.0756. The molecule has 0 aliphatic carbocycles. The van der Waals surface area contributed by atoms with Crippen LogP contribution in [0.5, 0.6) is 11.5 Å². The number of rotatable bonds is 14. The summed E-state index contributed by atoms with van der Waals surface area (Å²) in [4.78, 5) is 2.51. The molecule has 39 heavy (non-hydrogen) atoms. The topological polar surface area (TPSA) is 18.5 Å². The molecule has 0 saturated carbocycles. The molecule has 0 aliphatic rings. The Hall–Kier alpha value is -3.34. The molecule has 4 aromatic rings. The van der Waals surface area contributed by atoms with Crippen LogP contribution in [0.1, 0.15) is 36.1 Å². The maximum absolute atomic E-state index is 5.86. The Bertz CT molecular complexity index is 1220. The van der Waals surface area contributed by atoms with Crippen molar-refractivity contribution in [1.82, 2.24) is 0 Å². The van der Waals surface area contributed by atoms with Gasteiger partial charge in [-0.25, -0.2) is 0 Å². The van der Waals surface area contributed by atoms with E-state index in [9.17, 15) is 0 Å². The molecular formula is C35H36O2S2. The third kappa shape index (κ3) is 8.32. The Balaban J connectivity index is 1.22. The number of benzene rings is 4. The van der Waals surface area contributed by atoms with E-state index in [-0.39, 0.29) is 5.41 Å². The van der Waals surface area contributed by atoms with Gasteiger partial charge in [-0.15, -0.1) is 23.5 Å². The number of hydrogen-bond donors (Lipinski definition) is 0. The van der Waals surface area contributed by atoms with Gasteiger partial charge < -0.3 is 9.47 Å². The molecule has 0 radical (unpaired) electrons. The molecule has 0 heterocycles. The van der Waals surface area contributed by atoms with Crippen molar-refractivity contribution < 1.29 is 9.47 Å². The lowest BCUT2D eigenvalue weighted by molar-refractivity contribution is 0.344. The first-order valence-corrected chi connectivity index (χ1v) is 15.1. The van der Waals surface area contributed by atoms with E-state index in [0.29, 0.717) is 13.2 Å². The molecule has 4 aromatic carbocycles. The molecular weight excluding hydrogens is 517 g/mol. The van der Waals surface area contributed by atoms with Crippen molar-refractivity contribution in [2.24, 2.45) is 0 Å². The molecule has 0 fully saturated rings. The van der Waals surface area contributed by atoms with Crippen LogP contribution in [0.4, 0.5) is 0 Å². The van der Waals surface area contributed by atoms with Crippen molar-refractivity contribution >= 4 is 35.7 Å². The van der Waals surface area contributed by atoms with Crippen molar-refractivity contribution in [3.8, 4) is 11.5 Å². The molecule has 4 rings (SSSR count). The fourth-order valence-corrected chi connectivity index (χ4v) is 5.60. The Morgan fingerprint density at radius 3 is 1.26 bits per heavy atom. The zero-order chi connectivity index (χ0) is 27.5. The van der Waals surface area contributed by atoms with Crippen LogP contribution in [0.25, 0.3) is 12.2 Å². The van der Waals surface area contributed by atoms with Crippen LogP contribution >= 0.6 is 23.5 Å². The van der Waals surface area contributed by atoms with Gasteiger partial charge in [0.1, 0.15) is 11.5 Å². The molecule has 0 amide bonds. The van der Waals surface area contributed by atoms with Crippen LogP contribution in [-0.2, 0) is 5.41 Å². The van der Waals surface area contributed by atoms with Crippen LogP contribution in [-0.4, -0.2) is 24.7 Å². The van der Waals surface area contributed by atoms with Crippen LogP contribution in [0.15, 0.2) is 120 Å². The number of thioether (sulfide) groups is 2. The van der Waals surface area contributed by atoms with Gasteiger partial charge in [0.2, 0.25) is 0 Å². The summed E-state index contributed by atoms with van der Waals surface area (Å²) in [5, 5.41) is 0. The largest absolute Gasteiger partial charge is 0.493 e. The van der Waals surface area contributed by atoms with Gasteiger partial charge >= 0.3 is 0 Å². The second-order valence-electron chi connectivity index (χ2n) is 9.61. The average Bonchev–Trinajstić information content (AvgIpc) is 2.98. The van der Waals surface area contributed by atoms with E-state index in [2.05, 4.69) is 75.5 Å². The molecule has 0 saturated heterocycles. The normalized spacial score (nSPS) is 11.1. The maximum atomic E-state index is 5.86. The third-order valence-corrected chi connectivity index (χ3v) is 8.58. The highest BCUT2D eigenvalue weighted by Crippen LogP contribution is 2.34. The smallest absolute Gasteiger partial charge is 0.119 e. The maximum Gasteiger partial charge on any atom is 0.119 e. The average molecular weight is 553 g/mol. The lowest BCUT2D eigenvalue weighted by Gasteiger charge is -2.26. The summed E-state index contributed by atoms with van der Waals surface area (Å²) in [7, 11) is 0. The predicted octanol–water partition coefficient (Wildman–Crippen LogP) is 9.64. The SMILES string of the molecule is C=Cc1ccc(OCCSc2ccc(C(C)(C)c3ccc(SCCOc4ccc(C=C)cc4)cc3)cc2)cc1. The summed E-state index contributed by atoms with van der Waals surface area (Å²) in [6.07, 6.45) is 3.67. The van der Waals surface area contributed by atoms with Gasteiger partial charge in [0.05, 0.1) is 13.2 Å². The van der Waals surface area contributed by atoms with Crippen LogP contribution < -0.4 is 9.47 Å². The molecule has 0 N–H and O–H groups in total.